The summed E-state index contributed by atoms with van der Waals surface area (Å²) in [6.07, 6.45) is 0.552. The van der Waals surface area contributed by atoms with E-state index in [-0.39, 0.29) is 12.2 Å². The maximum absolute atomic E-state index is 13.1. The molecule has 1 unspecified atom stereocenters. The van der Waals surface area contributed by atoms with Gasteiger partial charge >= 0.3 is 6.09 Å². The molecule has 0 radical (unpaired) electrons. The molecule has 1 heterocycles. The van der Waals surface area contributed by atoms with Gasteiger partial charge in [-0.2, -0.15) is 0 Å². The van der Waals surface area contributed by atoms with Crippen molar-refractivity contribution in [2.45, 2.75) is 32.5 Å². The minimum Gasteiger partial charge on any atom is -0.443 e. The van der Waals surface area contributed by atoms with Crippen molar-refractivity contribution in [1.29, 1.82) is 0 Å². The van der Waals surface area contributed by atoms with Gasteiger partial charge in [0.05, 0.1) is 5.69 Å². The quantitative estimate of drug-likeness (QED) is 0.836. The van der Waals surface area contributed by atoms with Gasteiger partial charge in [-0.15, -0.1) is 0 Å². The molecule has 0 saturated heterocycles. The van der Waals surface area contributed by atoms with Crippen LogP contribution in [0.25, 0.3) is 0 Å². The van der Waals surface area contributed by atoms with E-state index in [4.69, 9.17) is 10.5 Å². The summed E-state index contributed by atoms with van der Waals surface area (Å²) >= 11 is 0. The van der Waals surface area contributed by atoms with Crippen LogP contribution in [0.4, 0.5) is 9.18 Å². The minimum atomic E-state index is -1.36. The fourth-order valence-corrected chi connectivity index (χ4v) is 1.04. The number of ether oxygens (including phenoxy) is 1. The summed E-state index contributed by atoms with van der Waals surface area (Å²) in [6, 6.07) is 0. The highest BCUT2D eigenvalue weighted by atomic mass is 19.1. The monoisotopic (exact) mass is 229 g/mol. The van der Waals surface area contributed by atoms with Gasteiger partial charge in [-0.05, 0) is 20.8 Å². The molecule has 2 N–H and O–H groups in total. The number of hydrogen-bond donors (Lipinski definition) is 1. The van der Waals surface area contributed by atoms with Crippen LogP contribution in [0.3, 0.4) is 0 Å². The van der Waals surface area contributed by atoms with Crippen LogP contribution in [0.15, 0.2) is 12.5 Å². The summed E-state index contributed by atoms with van der Waals surface area (Å²) in [4.78, 5) is 15.3. The summed E-state index contributed by atoms with van der Waals surface area (Å²) in [6.45, 7) is 5.09. The van der Waals surface area contributed by atoms with Crippen LogP contribution >= 0.6 is 0 Å². The second kappa shape index (κ2) is 4.61. The van der Waals surface area contributed by atoms with Crippen LogP contribution in [-0.4, -0.2) is 27.8 Å². The fraction of sp³-hybridized carbons (Fsp3) is 0.600. The normalized spacial score (nSPS) is 13.6. The lowest BCUT2D eigenvalue weighted by Crippen LogP contribution is -2.26. The number of carbonyl (C=O) groups excluding carboxylic acids is 1. The number of carbonyl (C=O) groups is 1. The zero-order valence-corrected chi connectivity index (χ0v) is 9.61. The van der Waals surface area contributed by atoms with E-state index in [0.717, 1.165) is 4.57 Å². The summed E-state index contributed by atoms with van der Waals surface area (Å²) in [7, 11) is 0. The summed E-state index contributed by atoms with van der Waals surface area (Å²) in [5.41, 5.74) is 4.69. The highest BCUT2D eigenvalue weighted by molar-refractivity contribution is 5.70. The van der Waals surface area contributed by atoms with Crippen molar-refractivity contribution in [3.8, 4) is 0 Å². The highest BCUT2D eigenvalue weighted by Gasteiger charge is 2.19. The first-order valence-corrected chi connectivity index (χ1v) is 4.95. The summed E-state index contributed by atoms with van der Waals surface area (Å²) in [5.74, 6) is 0. The predicted octanol–water partition coefficient (Wildman–Crippen LogP) is 1.64. The average Bonchev–Trinajstić information content (AvgIpc) is 2.62. The Kier molecular flexibility index (Phi) is 3.64. The zero-order chi connectivity index (χ0) is 12.3. The Labute approximate surface area is 93.4 Å². The van der Waals surface area contributed by atoms with Gasteiger partial charge in [0.15, 0.2) is 6.17 Å². The SMILES string of the molecule is CC(C)(C)OC(=O)n1cnc(C(F)CN)c1. The molecule has 0 aromatic carbocycles. The van der Waals surface area contributed by atoms with Gasteiger partial charge in [-0.3, -0.25) is 0 Å². The first kappa shape index (κ1) is 12.6. The molecular formula is C10H16FN3O2. The molecule has 0 aliphatic rings. The molecule has 0 saturated carbocycles. The van der Waals surface area contributed by atoms with Crippen molar-refractivity contribution in [2.24, 2.45) is 5.73 Å². The molecule has 0 aliphatic heterocycles. The highest BCUT2D eigenvalue weighted by Crippen LogP contribution is 2.14. The molecular weight excluding hydrogens is 213 g/mol. The number of nitrogens with two attached hydrogens (primary N) is 1. The summed E-state index contributed by atoms with van der Waals surface area (Å²) < 4.78 is 19.3. The molecule has 1 rings (SSSR count). The van der Waals surface area contributed by atoms with Crippen molar-refractivity contribution in [2.75, 3.05) is 6.54 Å². The van der Waals surface area contributed by atoms with Crippen molar-refractivity contribution < 1.29 is 13.9 Å². The molecule has 90 valence electrons. The Balaban J connectivity index is 2.75. The van der Waals surface area contributed by atoms with Crippen molar-refractivity contribution in [3.63, 3.8) is 0 Å². The lowest BCUT2D eigenvalue weighted by atomic mass is 10.2. The van der Waals surface area contributed by atoms with Crippen LogP contribution in [0.5, 0.6) is 0 Å². The third-order valence-corrected chi connectivity index (χ3v) is 1.73. The Hall–Kier alpha value is -1.43. The van der Waals surface area contributed by atoms with E-state index in [9.17, 15) is 9.18 Å². The number of aromatic nitrogens is 2. The molecule has 1 aromatic heterocycles. The van der Waals surface area contributed by atoms with Crippen LogP contribution in [0.2, 0.25) is 0 Å². The van der Waals surface area contributed by atoms with Gasteiger partial charge in [0.1, 0.15) is 11.9 Å². The first-order valence-electron chi connectivity index (χ1n) is 4.95. The van der Waals surface area contributed by atoms with Crippen LogP contribution in [0.1, 0.15) is 32.6 Å². The van der Waals surface area contributed by atoms with Gasteiger partial charge < -0.3 is 10.5 Å². The first-order chi connectivity index (χ1) is 7.33. The fourth-order valence-electron chi connectivity index (χ4n) is 1.04. The van der Waals surface area contributed by atoms with Gasteiger partial charge in [-0.25, -0.2) is 18.7 Å². The maximum Gasteiger partial charge on any atom is 0.419 e. The molecule has 5 nitrogen and oxygen atoms in total. The molecule has 1 aromatic rings. The smallest absolute Gasteiger partial charge is 0.419 e. The van der Waals surface area contributed by atoms with E-state index in [1.54, 1.807) is 20.8 Å². The van der Waals surface area contributed by atoms with E-state index in [2.05, 4.69) is 4.98 Å². The van der Waals surface area contributed by atoms with Gasteiger partial charge in [0, 0.05) is 12.7 Å². The molecule has 16 heavy (non-hydrogen) atoms. The molecule has 6 heteroatoms. The van der Waals surface area contributed by atoms with E-state index in [1.807, 2.05) is 0 Å². The van der Waals surface area contributed by atoms with Crippen molar-refractivity contribution in [3.05, 3.63) is 18.2 Å². The number of alkyl halides is 1. The van der Waals surface area contributed by atoms with E-state index >= 15 is 0 Å². The van der Waals surface area contributed by atoms with Gasteiger partial charge in [0.25, 0.3) is 0 Å². The largest absolute Gasteiger partial charge is 0.443 e. The Morgan fingerprint density at radius 2 is 2.31 bits per heavy atom. The molecule has 0 bridgehead atoms. The van der Waals surface area contributed by atoms with Crippen LogP contribution in [-0.2, 0) is 4.74 Å². The standard InChI is InChI=1S/C10H16FN3O2/c1-10(2,3)16-9(15)14-5-8(13-6-14)7(11)4-12/h5-7H,4,12H2,1-3H3. The lowest BCUT2D eigenvalue weighted by Gasteiger charge is -2.19. The number of hydrogen-bond acceptors (Lipinski definition) is 4. The van der Waals surface area contributed by atoms with E-state index in [0.29, 0.717) is 0 Å². The third kappa shape index (κ3) is 3.30. The summed E-state index contributed by atoms with van der Waals surface area (Å²) in [5, 5.41) is 0. The lowest BCUT2D eigenvalue weighted by molar-refractivity contribution is 0.0536. The number of halogens is 1. The third-order valence-electron chi connectivity index (χ3n) is 1.73. The van der Waals surface area contributed by atoms with Crippen LogP contribution < -0.4 is 5.73 Å². The Bertz CT molecular complexity index is 370. The van der Waals surface area contributed by atoms with Gasteiger partial charge in [-0.1, -0.05) is 0 Å². The predicted molar refractivity (Wildman–Crippen MR) is 56.8 cm³/mol. The number of nitrogens with zero attached hydrogens (tertiary/aromatic N) is 2. The van der Waals surface area contributed by atoms with E-state index < -0.39 is 17.9 Å². The average molecular weight is 229 g/mol. The van der Waals surface area contributed by atoms with Crippen molar-refractivity contribution >= 4 is 6.09 Å². The molecule has 0 aliphatic carbocycles. The number of imidazole rings is 1. The topological polar surface area (TPSA) is 70.1 Å². The minimum absolute atomic E-state index is 0.133. The second-order valence-corrected chi connectivity index (χ2v) is 4.39. The Morgan fingerprint density at radius 1 is 1.69 bits per heavy atom. The molecule has 1 atom stereocenters. The number of rotatable bonds is 2. The van der Waals surface area contributed by atoms with Crippen molar-refractivity contribution in [1.82, 2.24) is 9.55 Å². The molecule has 0 fully saturated rings. The second-order valence-electron chi connectivity index (χ2n) is 4.39. The maximum atomic E-state index is 13.1. The van der Waals surface area contributed by atoms with Crippen LogP contribution in [0, 0.1) is 0 Å². The van der Waals surface area contributed by atoms with E-state index in [1.165, 1.54) is 12.5 Å². The molecule has 0 amide bonds. The van der Waals surface area contributed by atoms with Gasteiger partial charge in [0.2, 0.25) is 0 Å². The molecule has 0 spiro atoms. The Morgan fingerprint density at radius 3 is 2.81 bits per heavy atom. The zero-order valence-electron chi connectivity index (χ0n) is 9.61.